The summed E-state index contributed by atoms with van der Waals surface area (Å²) in [5, 5.41) is 10.1. The van der Waals surface area contributed by atoms with E-state index in [0.717, 1.165) is 80.8 Å². The molecule has 6 nitrogen and oxygen atoms in total. The molecular formula is C28H32N6. The smallest absolute Gasteiger partial charge is 0.157 e. The van der Waals surface area contributed by atoms with Gasteiger partial charge in [-0.05, 0) is 74.9 Å². The molecule has 3 aromatic heterocycles. The zero-order chi connectivity index (χ0) is 23.2. The maximum absolute atomic E-state index is 10.1. The third-order valence-electron chi connectivity index (χ3n) is 7.88. The Morgan fingerprint density at radius 3 is 2.32 bits per heavy atom. The van der Waals surface area contributed by atoms with Crippen molar-refractivity contribution in [1.29, 1.82) is 5.26 Å². The van der Waals surface area contributed by atoms with Gasteiger partial charge in [-0.3, -0.25) is 9.30 Å². The zero-order valence-corrected chi connectivity index (χ0v) is 20.2. The van der Waals surface area contributed by atoms with Crippen LogP contribution in [0.5, 0.6) is 0 Å². The van der Waals surface area contributed by atoms with Crippen molar-refractivity contribution in [1.82, 2.24) is 18.9 Å². The van der Waals surface area contributed by atoms with Crippen molar-refractivity contribution in [2.75, 3.05) is 37.6 Å². The Labute approximate surface area is 201 Å². The number of nitrogens with zero attached hydrogens (tertiary/aromatic N) is 6. The summed E-state index contributed by atoms with van der Waals surface area (Å²) in [6, 6.07) is 15.3. The first-order valence-corrected chi connectivity index (χ1v) is 12.6. The predicted octanol–water partition coefficient (Wildman–Crippen LogP) is 4.48. The molecule has 0 radical (unpaired) electrons. The minimum atomic E-state index is 0.783. The Bertz CT molecular complexity index is 1390. The molecule has 1 saturated heterocycles. The molecule has 6 rings (SSSR count). The first kappa shape index (κ1) is 21.2. The van der Waals surface area contributed by atoms with Gasteiger partial charge in [-0.25, -0.2) is 4.98 Å². The number of fused-ring (bicyclic) bond motifs is 4. The van der Waals surface area contributed by atoms with Gasteiger partial charge < -0.3 is 9.47 Å². The van der Waals surface area contributed by atoms with Crippen LogP contribution in [0.2, 0.25) is 0 Å². The van der Waals surface area contributed by atoms with Crippen molar-refractivity contribution in [2.45, 2.75) is 46.1 Å². The molecule has 0 atom stereocenters. The maximum atomic E-state index is 10.1. The summed E-state index contributed by atoms with van der Waals surface area (Å²) in [6.45, 7) is 10.6. The maximum Gasteiger partial charge on any atom is 0.157 e. The van der Waals surface area contributed by atoms with Crippen molar-refractivity contribution < 1.29 is 0 Å². The molecular weight excluding hydrogens is 420 g/mol. The fraction of sp³-hybridized carbons (Fsp3) is 0.429. The van der Waals surface area contributed by atoms with Crippen LogP contribution in [0.15, 0.2) is 36.4 Å². The molecule has 174 valence electrons. The van der Waals surface area contributed by atoms with Crippen molar-refractivity contribution in [3.8, 4) is 6.07 Å². The number of nitriles is 1. The standard InChI is InChI=1S/C28H32N6/c1-20-11-12-21(2)33(20)18-15-31-13-16-32(17-14-31)28-23-8-4-3-7-22(23)24(19-29)27-30-25-9-5-6-10-26(25)34(27)28/h5-6,9-12H,3-4,7-8,13-18H2,1-2H3. The van der Waals surface area contributed by atoms with Crippen molar-refractivity contribution in [2.24, 2.45) is 0 Å². The molecule has 1 aliphatic carbocycles. The van der Waals surface area contributed by atoms with E-state index in [1.807, 2.05) is 6.07 Å². The number of rotatable bonds is 4. The molecule has 2 aliphatic rings. The van der Waals surface area contributed by atoms with Crippen LogP contribution < -0.4 is 4.90 Å². The number of para-hydroxylation sites is 2. The van der Waals surface area contributed by atoms with Gasteiger partial charge in [0.1, 0.15) is 11.9 Å². The van der Waals surface area contributed by atoms with E-state index in [9.17, 15) is 5.26 Å². The van der Waals surface area contributed by atoms with E-state index in [1.54, 1.807) is 0 Å². The first-order valence-electron chi connectivity index (χ1n) is 12.6. The Balaban J connectivity index is 1.35. The number of piperazine rings is 1. The fourth-order valence-electron chi connectivity index (χ4n) is 6.03. The molecule has 1 fully saturated rings. The van der Waals surface area contributed by atoms with E-state index >= 15 is 0 Å². The number of hydrogen-bond acceptors (Lipinski definition) is 4. The van der Waals surface area contributed by atoms with E-state index in [1.165, 1.54) is 34.8 Å². The lowest BCUT2D eigenvalue weighted by Gasteiger charge is -2.38. The number of anilines is 1. The predicted molar refractivity (Wildman–Crippen MR) is 137 cm³/mol. The molecule has 6 heteroatoms. The monoisotopic (exact) mass is 452 g/mol. The highest BCUT2D eigenvalue weighted by Crippen LogP contribution is 2.37. The second-order valence-corrected chi connectivity index (χ2v) is 9.83. The van der Waals surface area contributed by atoms with Gasteiger partial charge in [-0.1, -0.05) is 12.1 Å². The normalized spacial score (nSPS) is 16.8. The Morgan fingerprint density at radius 1 is 0.882 bits per heavy atom. The summed E-state index contributed by atoms with van der Waals surface area (Å²) >= 11 is 0. The summed E-state index contributed by atoms with van der Waals surface area (Å²) in [4.78, 5) is 10.1. The number of benzene rings is 1. The third-order valence-corrected chi connectivity index (χ3v) is 7.88. The quantitative estimate of drug-likeness (QED) is 0.458. The lowest BCUT2D eigenvalue weighted by atomic mass is 9.88. The molecule has 34 heavy (non-hydrogen) atoms. The SMILES string of the molecule is Cc1ccc(C)n1CCN1CCN(c2c3c(c(C#N)c4nc5ccccc5n24)CCCC3)CC1. The average Bonchev–Trinajstić information content (AvgIpc) is 3.41. The molecule has 4 aromatic rings. The molecule has 1 aliphatic heterocycles. The molecule has 0 bridgehead atoms. The van der Waals surface area contributed by atoms with Crippen LogP contribution in [0.3, 0.4) is 0 Å². The lowest BCUT2D eigenvalue weighted by Crippen LogP contribution is -2.48. The van der Waals surface area contributed by atoms with Gasteiger partial charge in [-0.2, -0.15) is 5.26 Å². The van der Waals surface area contributed by atoms with Crippen LogP contribution in [0.1, 0.15) is 40.9 Å². The van der Waals surface area contributed by atoms with Crippen LogP contribution in [0.4, 0.5) is 5.82 Å². The third kappa shape index (κ3) is 3.38. The Kier molecular flexibility index (Phi) is 5.30. The second-order valence-electron chi connectivity index (χ2n) is 9.83. The summed E-state index contributed by atoms with van der Waals surface area (Å²) < 4.78 is 4.71. The molecule has 0 saturated carbocycles. The minimum absolute atomic E-state index is 0.783. The molecule has 0 N–H and O–H groups in total. The van der Waals surface area contributed by atoms with Crippen molar-refractivity contribution in [3.05, 3.63) is 64.5 Å². The Morgan fingerprint density at radius 2 is 1.59 bits per heavy atom. The van der Waals surface area contributed by atoms with Crippen LogP contribution in [-0.4, -0.2) is 51.6 Å². The molecule has 0 amide bonds. The van der Waals surface area contributed by atoms with Crippen LogP contribution in [0, 0.1) is 25.2 Å². The van der Waals surface area contributed by atoms with Gasteiger partial charge >= 0.3 is 0 Å². The second kappa shape index (κ2) is 8.48. The van der Waals surface area contributed by atoms with E-state index in [-0.39, 0.29) is 0 Å². The van der Waals surface area contributed by atoms with Crippen LogP contribution >= 0.6 is 0 Å². The van der Waals surface area contributed by atoms with E-state index in [4.69, 9.17) is 4.98 Å². The van der Waals surface area contributed by atoms with Gasteiger partial charge in [-0.15, -0.1) is 0 Å². The van der Waals surface area contributed by atoms with E-state index < -0.39 is 0 Å². The van der Waals surface area contributed by atoms with E-state index in [2.05, 4.69) is 69.0 Å². The number of hydrogen-bond donors (Lipinski definition) is 0. The zero-order valence-electron chi connectivity index (χ0n) is 20.2. The van der Waals surface area contributed by atoms with E-state index in [0.29, 0.717) is 0 Å². The summed E-state index contributed by atoms with van der Waals surface area (Å²) in [7, 11) is 0. The Hall–Kier alpha value is -3.30. The average molecular weight is 453 g/mol. The van der Waals surface area contributed by atoms with Crippen molar-refractivity contribution in [3.63, 3.8) is 0 Å². The highest BCUT2D eigenvalue weighted by molar-refractivity contribution is 5.86. The number of aromatic nitrogens is 3. The topological polar surface area (TPSA) is 52.5 Å². The van der Waals surface area contributed by atoms with Gasteiger partial charge in [0.25, 0.3) is 0 Å². The minimum Gasteiger partial charge on any atom is -0.355 e. The highest BCUT2D eigenvalue weighted by atomic mass is 15.3. The largest absolute Gasteiger partial charge is 0.355 e. The van der Waals surface area contributed by atoms with Gasteiger partial charge in [0.2, 0.25) is 0 Å². The molecule has 0 spiro atoms. The number of imidazole rings is 1. The molecule has 4 heterocycles. The molecule has 1 aromatic carbocycles. The van der Waals surface area contributed by atoms with Gasteiger partial charge in [0.15, 0.2) is 5.65 Å². The van der Waals surface area contributed by atoms with Gasteiger partial charge in [0, 0.05) is 50.7 Å². The van der Waals surface area contributed by atoms with Gasteiger partial charge in [0.05, 0.1) is 16.6 Å². The summed E-state index contributed by atoms with van der Waals surface area (Å²) in [6.07, 6.45) is 4.39. The summed E-state index contributed by atoms with van der Waals surface area (Å²) in [5.74, 6) is 1.29. The summed E-state index contributed by atoms with van der Waals surface area (Å²) in [5.41, 5.74) is 9.01. The van der Waals surface area contributed by atoms with Crippen LogP contribution in [0.25, 0.3) is 16.7 Å². The first-order chi connectivity index (χ1) is 16.7. The molecule has 0 unspecified atom stereocenters. The number of pyridine rings is 1. The highest BCUT2D eigenvalue weighted by Gasteiger charge is 2.29. The van der Waals surface area contributed by atoms with Crippen molar-refractivity contribution >= 4 is 22.5 Å². The lowest BCUT2D eigenvalue weighted by molar-refractivity contribution is 0.246. The van der Waals surface area contributed by atoms with Crippen LogP contribution in [-0.2, 0) is 19.4 Å². The number of aryl methyl sites for hydroxylation is 2. The fourth-order valence-corrected chi connectivity index (χ4v) is 6.03.